The number of aromatic nitrogens is 2. The molecule has 1 saturated heterocycles. The third kappa shape index (κ3) is 5.19. The summed E-state index contributed by atoms with van der Waals surface area (Å²) in [6.07, 6.45) is 2.07. The molecule has 1 fully saturated rings. The van der Waals surface area contributed by atoms with Gasteiger partial charge in [0.1, 0.15) is 11.5 Å². The highest BCUT2D eigenvalue weighted by molar-refractivity contribution is 5.95. The average Bonchev–Trinajstić information content (AvgIpc) is 3.38. The molecule has 1 N–H and O–H groups in total. The monoisotopic (exact) mass is 464 g/mol. The van der Waals surface area contributed by atoms with Crippen LogP contribution in [0.4, 0.5) is 5.69 Å². The molecule has 178 valence electrons. The number of benzene rings is 2. The molecular formula is C25H28N4O5. The van der Waals surface area contributed by atoms with E-state index in [9.17, 15) is 9.59 Å². The van der Waals surface area contributed by atoms with E-state index in [-0.39, 0.29) is 17.7 Å². The van der Waals surface area contributed by atoms with Crippen LogP contribution >= 0.6 is 0 Å². The van der Waals surface area contributed by atoms with Crippen LogP contribution in [0.25, 0.3) is 11.4 Å². The van der Waals surface area contributed by atoms with E-state index < -0.39 is 0 Å². The first-order valence-corrected chi connectivity index (χ1v) is 11.3. The number of nitrogens with one attached hydrogen (secondary N) is 1. The summed E-state index contributed by atoms with van der Waals surface area (Å²) in [5.41, 5.74) is 1.93. The van der Waals surface area contributed by atoms with Crippen LogP contribution in [0.3, 0.4) is 0 Å². The first kappa shape index (κ1) is 23.3. The number of ether oxygens (including phenoxy) is 2. The van der Waals surface area contributed by atoms with Crippen LogP contribution in [0, 0.1) is 0 Å². The van der Waals surface area contributed by atoms with E-state index in [0.717, 1.165) is 18.4 Å². The summed E-state index contributed by atoms with van der Waals surface area (Å²) in [7, 11) is 3.11. The molecule has 34 heavy (non-hydrogen) atoms. The number of rotatable bonds is 7. The number of anilines is 1. The number of methoxy groups -OCH3 is 2. The first-order valence-electron chi connectivity index (χ1n) is 11.3. The lowest BCUT2D eigenvalue weighted by molar-refractivity contribution is -0.115. The number of nitrogens with zero attached hydrogens (tertiary/aromatic N) is 3. The van der Waals surface area contributed by atoms with Gasteiger partial charge in [-0.2, -0.15) is 4.98 Å². The fourth-order valence-corrected chi connectivity index (χ4v) is 3.98. The quantitative estimate of drug-likeness (QED) is 0.560. The predicted molar refractivity (Wildman–Crippen MR) is 126 cm³/mol. The van der Waals surface area contributed by atoms with E-state index in [0.29, 0.717) is 54.0 Å². The van der Waals surface area contributed by atoms with Gasteiger partial charge in [-0.3, -0.25) is 9.59 Å². The first-order chi connectivity index (χ1) is 16.5. The Morgan fingerprint density at radius 2 is 1.91 bits per heavy atom. The molecule has 0 aliphatic carbocycles. The van der Waals surface area contributed by atoms with Crippen LogP contribution < -0.4 is 14.8 Å². The third-order valence-corrected chi connectivity index (χ3v) is 5.82. The van der Waals surface area contributed by atoms with Crippen LogP contribution in [0.2, 0.25) is 0 Å². The molecule has 3 aromatic rings. The van der Waals surface area contributed by atoms with Crippen LogP contribution in [0.5, 0.6) is 11.5 Å². The zero-order valence-corrected chi connectivity index (χ0v) is 19.5. The maximum absolute atomic E-state index is 13.2. The molecule has 2 heterocycles. The minimum absolute atomic E-state index is 0.0607. The minimum Gasteiger partial charge on any atom is -0.497 e. The van der Waals surface area contributed by atoms with Gasteiger partial charge in [0, 0.05) is 42.4 Å². The van der Waals surface area contributed by atoms with Crippen molar-refractivity contribution in [2.24, 2.45) is 0 Å². The van der Waals surface area contributed by atoms with E-state index in [1.54, 1.807) is 44.2 Å². The topological polar surface area (TPSA) is 107 Å². The molecule has 1 atom stereocenters. The zero-order chi connectivity index (χ0) is 24.1. The highest BCUT2D eigenvalue weighted by Gasteiger charge is 2.29. The molecule has 0 radical (unpaired) electrons. The second kappa shape index (κ2) is 10.4. The van der Waals surface area contributed by atoms with Gasteiger partial charge in [0.05, 0.1) is 20.1 Å². The lowest BCUT2D eigenvalue weighted by Gasteiger charge is -2.31. The van der Waals surface area contributed by atoms with Gasteiger partial charge in [-0.15, -0.1) is 0 Å². The lowest BCUT2D eigenvalue weighted by Crippen LogP contribution is -2.39. The standard InChI is InChI=1S/C25H28N4O5/c1-4-22(30)26-19-9-5-7-16(11-19)23-27-24(34-28-23)17-8-6-10-29(15-17)25(31)18-12-20(32-2)14-21(13-18)33-3/h5,7,9,11-14,17H,4,6,8,10,15H2,1-3H3,(H,26,30)/t17-/m0/s1. The van der Waals surface area contributed by atoms with Crippen LogP contribution in [-0.4, -0.2) is 54.2 Å². The second-order valence-electron chi connectivity index (χ2n) is 8.13. The Balaban J connectivity index is 1.49. The fourth-order valence-electron chi connectivity index (χ4n) is 3.98. The molecule has 1 aliphatic rings. The van der Waals surface area contributed by atoms with Gasteiger partial charge in [-0.05, 0) is 37.1 Å². The molecule has 9 nitrogen and oxygen atoms in total. The van der Waals surface area contributed by atoms with Crippen molar-refractivity contribution < 1.29 is 23.6 Å². The highest BCUT2D eigenvalue weighted by atomic mass is 16.5. The second-order valence-corrected chi connectivity index (χ2v) is 8.13. The summed E-state index contributed by atoms with van der Waals surface area (Å²) >= 11 is 0. The van der Waals surface area contributed by atoms with E-state index >= 15 is 0 Å². The van der Waals surface area contributed by atoms with Gasteiger partial charge in [0.25, 0.3) is 5.91 Å². The van der Waals surface area contributed by atoms with Crippen molar-refractivity contribution in [3.8, 4) is 22.9 Å². The SMILES string of the molecule is CCC(=O)Nc1cccc(-c2noc([C@H]3CCCN(C(=O)c4cc(OC)cc(OC)c4)C3)n2)c1. The molecule has 1 aromatic heterocycles. The summed E-state index contributed by atoms with van der Waals surface area (Å²) in [6.45, 7) is 2.93. The van der Waals surface area contributed by atoms with Gasteiger partial charge >= 0.3 is 0 Å². The smallest absolute Gasteiger partial charge is 0.254 e. The lowest BCUT2D eigenvalue weighted by atomic mass is 9.97. The summed E-state index contributed by atoms with van der Waals surface area (Å²) < 4.78 is 16.2. The highest BCUT2D eigenvalue weighted by Crippen LogP contribution is 2.30. The van der Waals surface area contributed by atoms with Gasteiger partial charge in [0.2, 0.25) is 17.6 Å². The number of carbonyl (C=O) groups excluding carboxylic acids is 2. The molecule has 2 amide bonds. The predicted octanol–water partition coefficient (Wildman–Crippen LogP) is 4.12. The molecule has 0 bridgehead atoms. The number of likely N-dealkylation sites (tertiary alicyclic amines) is 1. The van der Waals surface area contributed by atoms with Crippen LogP contribution in [0.1, 0.15) is 48.4 Å². The van der Waals surface area contributed by atoms with Crippen molar-refractivity contribution in [2.45, 2.75) is 32.1 Å². The van der Waals surface area contributed by atoms with Gasteiger partial charge in [-0.25, -0.2) is 0 Å². The number of hydrogen-bond donors (Lipinski definition) is 1. The molecule has 4 rings (SSSR count). The Labute approximate surface area is 198 Å². The average molecular weight is 465 g/mol. The molecule has 2 aromatic carbocycles. The maximum atomic E-state index is 13.2. The van der Waals surface area contributed by atoms with Crippen molar-refractivity contribution in [1.29, 1.82) is 0 Å². The molecule has 0 unspecified atom stereocenters. The number of hydrogen-bond acceptors (Lipinski definition) is 7. The fraction of sp³-hybridized carbons (Fsp3) is 0.360. The number of amides is 2. The molecule has 0 saturated carbocycles. The van der Waals surface area contributed by atoms with Crippen molar-refractivity contribution in [3.63, 3.8) is 0 Å². The summed E-state index contributed by atoms with van der Waals surface area (Å²) in [5.74, 6) is 1.86. The van der Waals surface area contributed by atoms with Gasteiger partial charge < -0.3 is 24.2 Å². The summed E-state index contributed by atoms with van der Waals surface area (Å²) in [6, 6.07) is 12.5. The van der Waals surface area contributed by atoms with E-state index in [1.165, 1.54) is 0 Å². The molecule has 0 spiro atoms. The Hall–Kier alpha value is -3.88. The zero-order valence-electron chi connectivity index (χ0n) is 19.5. The van der Waals surface area contributed by atoms with Crippen molar-refractivity contribution >= 4 is 17.5 Å². The van der Waals surface area contributed by atoms with Crippen molar-refractivity contribution in [3.05, 3.63) is 53.9 Å². The Morgan fingerprint density at radius 3 is 2.62 bits per heavy atom. The Kier molecular flexibility index (Phi) is 7.10. The summed E-state index contributed by atoms with van der Waals surface area (Å²) in [5, 5.41) is 6.98. The van der Waals surface area contributed by atoms with E-state index in [1.807, 2.05) is 24.3 Å². The van der Waals surface area contributed by atoms with Crippen molar-refractivity contribution in [2.75, 3.05) is 32.6 Å². The number of piperidine rings is 1. The molecule has 1 aliphatic heterocycles. The van der Waals surface area contributed by atoms with Crippen LogP contribution in [0.15, 0.2) is 47.0 Å². The van der Waals surface area contributed by atoms with Crippen molar-refractivity contribution in [1.82, 2.24) is 15.0 Å². The Morgan fingerprint density at radius 1 is 1.15 bits per heavy atom. The molecular weight excluding hydrogens is 436 g/mol. The van der Waals surface area contributed by atoms with E-state index in [4.69, 9.17) is 14.0 Å². The third-order valence-electron chi connectivity index (χ3n) is 5.82. The number of carbonyl (C=O) groups is 2. The van der Waals surface area contributed by atoms with Gasteiger partial charge in [0.15, 0.2) is 0 Å². The summed E-state index contributed by atoms with van der Waals surface area (Å²) in [4.78, 5) is 31.3. The minimum atomic E-state index is -0.0963. The van der Waals surface area contributed by atoms with Crippen LogP contribution in [-0.2, 0) is 4.79 Å². The van der Waals surface area contributed by atoms with Gasteiger partial charge in [-0.1, -0.05) is 24.2 Å². The Bertz CT molecular complexity index is 1150. The molecule has 9 heteroatoms. The van der Waals surface area contributed by atoms with E-state index in [2.05, 4.69) is 15.5 Å². The normalized spacial score (nSPS) is 15.6. The largest absolute Gasteiger partial charge is 0.497 e. The maximum Gasteiger partial charge on any atom is 0.254 e.